The molecule has 0 spiro atoms. The quantitative estimate of drug-likeness (QED) is 0.296. The van der Waals surface area contributed by atoms with Crippen molar-refractivity contribution in [2.24, 2.45) is 10.2 Å². The Morgan fingerprint density at radius 1 is 0.974 bits per heavy atom. The molecule has 3 rings (SSSR count). The smallest absolute Gasteiger partial charge is 0.325 e. The third kappa shape index (κ3) is 5.81. The Morgan fingerprint density at radius 3 is 2.08 bits per heavy atom. The van der Waals surface area contributed by atoms with Gasteiger partial charge in [-0.05, 0) is 37.3 Å². The topological polar surface area (TPSA) is 171 Å². The summed E-state index contributed by atoms with van der Waals surface area (Å²) in [4.78, 5) is 63.1. The number of fused-ring (bicyclic) bond motifs is 1. The molecule has 0 saturated heterocycles. The van der Waals surface area contributed by atoms with Gasteiger partial charge in [-0.15, -0.1) is 10.2 Å². The number of azo groups is 1. The average Bonchev–Trinajstić information content (AvgIpc) is 3.14. The molecule has 0 atom stereocenters. The van der Waals surface area contributed by atoms with Crippen molar-refractivity contribution in [1.82, 2.24) is 4.90 Å². The standard InChI is InChI=1S/C25H24N6O7/c1-5-31-24(35)17-8-15(11-26)20(10-18(17)25(31)36)29-28-19-7-6-16(9-21(19)27-14(2)32)30(12-22(33)37-3)13-23(34)38-4/h6-10H,5,12-13H2,1-4H3,(H,27,32)/b29-28+. The molecule has 0 radical (unpaired) electrons. The lowest BCUT2D eigenvalue weighted by molar-refractivity contribution is -0.140. The molecular weight excluding hydrogens is 496 g/mol. The number of rotatable bonds is 9. The SMILES string of the molecule is CCN1C(=O)c2cc(C#N)c(/N=N/c3ccc(N(CC(=O)OC)CC(=O)OC)cc3NC(C)=O)cc2C1=O. The summed E-state index contributed by atoms with van der Waals surface area (Å²) in [5.74, 6) is -2.61. The Hall–Kier alpha value is -5.12. The minimum atomic E-state index is -0.603. The summed E-state index contributed by atoms with van der Waals surface area (Å²) >= 11 is 0. The molecule has 3 amide bonds. The molecule has 38 heavy (non-hydrogen) atoms. The van der Waals surface area contributed by atoms with Gasteiger partial charge in [-0.2, -0.15) is 5.26 Å². The fourth-order valence-electron chi connectivity index (χ4n) is 3.67. The normalized spacial score (nSPS) is 12.2. The van der Waals surface area contributed by atoms with E-state index in [-0.39, 0.29) is 53.4 Å². The molecule has 2 aromatic rings. The van der Waals surface area contributed by atoms with Gasteiger partial charge in [-0.1, -0.05) is 0 Å². The van der Waals surface area contributed by atoms with Crippen LogP contribution in [0.1, 0.15) is 40.1 Å². The van der Waals surface area contributed by atoms with Crippen LogP contribution in [0.2, 0.25) is 0 Å². The van der Waals surface area contributed by atoms with Gasteiger partial charge in [-0.3, -0.25) is 28.9 Å². The summed E-state index contributed by atoms with van der Waals surface area (Å²) in [5.41, 5.74) is 1.08. The van der Waals surface area contributed by atoms with E-state index in [1.165, 1.54) is 50.3 Å². The monoisotopic (exact) mass is 520 g/mol. The second-order valence-corrected chi connectivity index (χ2v) is 7.97. The van der Waals surface area contributed by atoms with E-state index >= 15 is 0 Å². The van der Waals surface area contributed by atoms with Crippen LogP contribution in [-0.2, 0) is 23.9 Å². The molecule has 1 N–H and O–H groups in total. The molecule has 0 fully saturated rings. The largest absolute Gasteiger partial charge is 0.468 e. The first-order valence-electron chi connectivity index (χ1n) is 11.3. The highest BCUT2D eigenvalue weighted by Crippen LogP contribution is 2.34. The lowest BCUT2D eigenvalue weighted by Gasteiger charge is -2.23. The van der Waals surface area contributed by atoms with Gasteiger partial charge >= 0.3 is 11.9 Å². The van der Waals surface area contributed by atoms with Crippen LogP contribution in [0.25, 0.3) is 0 Å². The highest BCUT2D eigenvalue weighted by atomic mass is 16.5. The number of nitrogens with one attached hydrogen (secondary N) is 1. The van der Waals surface area contributed by atoms with Crippen molar-refractivity contribution < 1.29 is 33.4 Å². The van der Waals surface area contributed by atoms with Crippen LogP contribution in [0.15, 0.2) is 40.6 Å². The van der Waals surface area contributed by atoms with Gasteiger partial charge < -0.3 is 19.7 Å². The number of ether oxygens (including phenoxy) is 2. The molecular formula is C25H24N6O7. The van der Waals surface area contributed by atoms with Crippen molar-refractivity contribution in [2.45, 2.75) is 13.8 Å². The highest BCUT2D eigenvalue weighted by molar-refractivity contribution is 6.22. The number of imide groups is 1. The summed E-state index contributed by atoms with van der Waals surface area (Å²) in [6, 6.07) is 9.09. The molecule has 1 heterocycles. The van der Waals surface area contributed by atoms with Crippen molar-refractivity contribution in [1.29, 1.82) is 5.26 Å². The van der Waals surface area contributed by atoms with Crippen LogP contribution in [0.4, 0.5) is 22.7 Å². The Morgan fingerprint density at radius 2 is 1.55 bits per heavy atom. The van der Waals surface area contributed by atoms with Crippen molar-refractivity contribution >= 4 is 52.4 Å². The number of methoxy groups -OCH3 is 2. The number of carbonyl (C=O) groups excluding carboxylic acids is 5. The molecule has 0 unspecified atom stereocenters. The number of esters is 2. The summed E-state index contributed by atoms with van der Waals surface area (Å²) in [6.45, 7) is 2.59. The van der Waals surface area contributed by atoms with Crippen LogP contribution in [0.3, 0.4) is 0 Å². The molecule has 196 valence electrons. The van der Waals surface area contributed by atoms with Crippen LogP contribution < -0.4 is 10.2 Å². The summed E-state index contributed by atoms with van der Waals surface area (Å²) in [6.07, 6.45) is 0. The maximum absolute atomic E-state index is 12.6. The Balaban J connectivity index is 2.02. The molecule has 0 saturated carbocycles. The number of nitrogens with zero attached hydrogens (tertiary/aromatic N) is 5. The zero-order valence-corrected chi connectivity index (χ0v) is 21.1. The van der Waals surface area contributed by atoms with Gasteiger partial charge in [0, 0.05) is 19.2 Å². The number of nitriles is 1. The maximum atomic E-state index is 12.6. The van der Waals surface area contributed by atoms with Crippen LogP contribution in [-0.4, -0.2) is 68.4 Å². The van der Waals surface area contributed by atoms with E-state index in [2.05, 4.69) is 15.5 Å². The van der Waals surface area contributed by atoms with Gasteiger partial charge in [0.1, 0.15) is 30.5 Å². The number of benzene rings is 2. The van der Waals surface area contributed by atoms with Gasteiger partial charge in [0.15, 0.2) is 0 Å². The van der Waals surface area contributed by atoms with E-state index in [1.807, 2.05) is 6.07 Å². The molecule has 0 aromatic heterocycles. The molecule has 0 aliphatic carbocycles. The third-order valence-electron chi connectivity index (χ3n) is 5.54. The minimum absolute atomic E-state index is 0.0339. The second kappa shape index (κ2) is 11.7. The first-order valence-corrected chi connectivity index (χ1v) is 11.3. The van der Waals surface area contributed by atoms with E-state index in [4.69, 9.17) is 9.47 Å². The van der Waals surface area contributed by atoms with Crippen LogP contribution in [0, 0.1) is 11.3 Å². The van der Waals surface area contributed by atoms with Gasteiger partial charge in [0.2, 0.25) is 5.91 Å². The van der Waals surface area contributed by atoms with E-state index < -0.39 is 29.7 Å². The first-order chi connectivity index (χ1) is 18.1. The minimum Gasteiger partial charge on any atom is -0.468 e. The molecule has 13 heteroatoms. The zero-order valence-electron chi connectivity index (χ0n) is 21.1. The van der Waals surface area contributed by atoms with Crippen molar-refractivity contribution in [3.8, 4) is 6.07 Å². The molecule has 1 aliphatic heterocycles. The predicted octanol–water partition coefficient (Wildman–Crippen LogP) is 2.70. The molecule has 1 aliphatic rings. The van der Waals surface area contributed by atoms with Crippen molar-refractivity contribution in [3.05, 3.63) is 47.0 Å². The second-order valence-electron chi connectivity index (χ2n) is 7.97. The summed E-state index contributed by atoms with van der Waals surface area (Å²) in [5, 5.41) is 20.4. The fourth-order valence-corrected chi connectivity index (χ4v) is 3.67. The van der Waals surface area contributed by atoms with E-state index in [1.54, 1.807) is 13.0 Å². The summed E-state index contributed by atoms with van der Waals surface area (Å²) < 4.78 is 9.39. The highest BCUT2D eigenvalue weighted by Gasteiger charge is 2.35. The number of hydrogen-bond acceptors (Lipinski definition) is 11. The number of hydrogen-bond donors (Lipinski definition) is 1. The Bertz CT molecular complexity index is 1380. The molecule has 0 bridgehead atoms. The summed E-state index contributed by atoms with van der Waals surface area (Å²) in [7, 11) is 2.42. The third-order valence-corrected chi connectivity index (χ3v) is 5.54. The van der Waals surface area contributed by atoms with Crippen LogP contribution >= 0.6 is 0 Å². The van der Waals surface area contributed by atoms with E-state index in [0.717, 1.165) is 4.90 Å². The molecule has 13 nitrogen and oxygen atoms in total. The number of carbonyl (C=O) groups is 5. The molecule has 2 aromatic carbocycles. The van der Waals surface area contributed by atoms with Crippen molar-refractivity contribution in [2.75, 3.05) is 44.1 Å². The van der Waals surface area contributed by atoms with Crippen LogP contribution in [0.5, 0.6) is 0 Å². The maximum Gasteiger partial charge on any atom is 0.325 e. The lowest BCUT2D eigenvalue weighted by atomic mass is 10.0. The van der Waals surface area contributed by atoms with Gasteiger partial charge in [0.05, 0.1) is 36.6 Å². The lowest BCUT2D eigenvalue weighted by Crippen LogP contribution is -2.35. The Kier molecular flexibility index (Phi) is 8.49. The fraction of sp³-hybridized carbons (Fsp3) is 0.280. The zero-order chi connectivity index (χ0) is 28.0. The predicted molar refractivity (Wildman–Crippen MR) is 133 cm³/mol. The van der Waals surface area contributed by atoms with E-state index in [9.17, 15) is 29.2 Å². The van der Waals surface area contributed by atoms with E-state index in [0.29, 0.717) is 5.69 Å². The Labute approximate surface area is 217 Å². The number of amides is 3. The average molecular weight is 521 g/mol. The van der Waals surface area contributed by atoms with Gasteiger partial charge in [-0.25, -0.2) is 0 Å². The number of anilines is 2. The van der Waals surface area contributed by atoms with Gasteiger partial charge in [0.25, 0.3) is 11.8 Å². The van der Waals surface area contributed by atoms with Crippen molar-refractivity contribution in [3.63, 3.8) is 0 Å². The first kappa shape index (κ1) is 27.5.